The van der Waals surface area contributed by atoms with Crippen LogP contribution in [-0.2, 0) is 14.4 Å². The van der Waals surface area contributed by atoms with E-state index in [1.54, 1.807) is 6.08 Å². The first kappa shape index (κ1) is 11.6. The summed E-state index contributed by atoms with van der Waals surface area (Å²) >= 11 is 0. The van der Waals surface area contributed by atoms with Crippen LogP contribution in [0.25, 0.3) is 0 Å². The first-order valence-corrected chi connectivity index (χ1v) is 5.20. The summed E-state index contributed by atoms with van der Waals surface area (Å²) in [5, 5.41) is 0. The molecular weight excluding hydrogens is 194 g/mol. The van der Waals surface area contributed by atoms with Crippen LogP contribution in [0.15, 0.2) is 12.2 Å². The number of hydrogen-bond donors (Lipinski definition) is 0. The van der Waals surface area contributed by atoms with Crippen LogP contribution in [0.1, 0.15) is 32.1 Å². The highest BCUT2D eigenvalue weighted by Crippen LogP contribution is 2.07. The summed E-state index contributed by atoms with van der Waals surface area (Å²) in [5.41, 5.74) is 0. The van der Waals surface area contributed by atoms with Crippen molar-refractivity contribution in [2.75, 3.05) is 6.54 Å². The fourth-order valence-corrected chi connectivity index (χ4v) is 1.49. The molecule has 0 aromatic rings. The van der Waals surface area contributed by atoms with Gasteiger partial charge in [-0.3, -0.25) is 14.5 Å². The van der Waals surface area contributed by atoms with Gasteiger partial charge in [0.15, 0.2) is 0 Å². The maximum atomic E-state index is 11.3. The number of carbonyl (C=O) groups is 3. The van der Waals surface area contributed by atoms with Crippen LogP contribution in [0.5, 0.6) is 0 Å². The van der Waals surface area contributed by atoms with Crippen molar-refractivity contribution in [2.45, 2.75) is 32.1 Å². The van der Waals surface area contributed by atoms with Gasteiger partial charge in [0, 0.05) is 25.5 Å². The number of imide groups is 1. The van der Waals surface area contributed by atoms with Crippen molar-refractivity contribution in [3.8, 4) is 0 Å². The summed E-state index contributed by atoms with van der Waals surface area (Å²) < 4.78 is 0. The molecule has 0 aliphatic carbocycles. The van der Waals surface area contributed by atoms with Gasteiger partial charge < -0.3 is 4.79 Å². The molecule has 1 aliphatic rings. The Morgan fingerprint density at radius 1 is 1.27 bits per heavy atom. The Morgan fingerprint density at radius 2 is 2.07 bits per heavy atom. The van der Waals surface area contributed by atoms with Crippen LogP contribution < -0.4 is 0 Å². The Kier molecular flexibility index (Phi) is 4.74. The minimum Gasteiger partial charge on any atom is -0.303 e. The zero-order chi connectivity index (χ0) is 11.1. The molecule has 0 unspecified atom stereocenters. The van der Waals surface area contributed by atoms with Crippen molar-refractivity contribution >= 4 is 18.1 Å². The lowest BCUT2D eigenvalue weighted by Crippen LogP contribution is -2.38. The van der Waals surface area contributed by atoms with E-state index in [2.05, 4.69) is 0 Å². The molecule has 0 fully saturated rings. The molecule has 0 aromatic heterocycles. The van der Waals surface area contributed by atoms with E-state index < -0.39 is 0 Å². The van der Waals surface area contributed by atoms with Crippen LogP contribution >= 0.6 is 0 Å². The van der Waals surface area contributed by atoms with E-state index in [9.17, 15) is 14.4 Å². The molecule has 15 heavy (non-hydrogen) atoms. The Hall–Kier alpha value is -1.45. The maximum Gasteiger partial charge on any atom is 0.252 e. The van der Waals surface area contributed by atoms with Gasteiger partial charge in [0.05, 0.1) is 0 Å². The molecule has 0 spiro atoms. The molecule has 0 aromatic carbocycles. The van der Waals surface area contributed by atoms with E-state index in [1.165, 1.54) is 11.0 Å². The quantitative estimate of drug-likeness (QED) is 0.373. The fraction of sp³-hybridized carbons (Fsp3) is 0.545. The highest BCUT2D eigenvalue weighted by Gasteiger charge is 2.20. The van der Waals surface area contributed by atoms with Crippen molar-refractivity contribution in [3.05, 3.63) is 12.2 Å². The zero-order valence-electron chi connectivity index (χ0n) is 8.65. The predicted molar refractivity (Wildman–Crippen MR) is 55.0 cm³/mol. The molecule has 82 valence electrons. The molecule has 0 radical (unpaired) electrons. The van der Waals surface area contributed by atoms with E-state index in [-0.39, 0.29) is 11.8 Å². The molecule has 0 atom stereocenters. The highest BCUT2D eigenvalue weighted by atomic mass is 16.2. The van der Waals surface area contributed by atoms with Crippen molar-refractivity contribution in [3.63, 3.8) is 0 Å². The van der Waals surface area contributed by atoms with Gasteiger partial charge >= 0.3 is 0 Å². The van der Waals surface area contributed by atoms with Gasteiger partial charge in [-0.2, -0.15) is 0 Å². The molecule has 0 saturated heterocycles. The molecule has 0 N–H and O–H groups in total. The average Bonchev–Trinajstić information content (AvgIpc) is 2.21. The Bertz CT molecular complexity index is 284. The third kappa shape index (κ3) is 3.65. The number of carbonyl (C=O) groups excluding carboxylic acids is 3. The molecule has 1 rings (SSSR count). The summed E-state index contributed by atoms with van der Waals surface area (Å²) in [7, 11) is 0. The Balaban J connectivity index is 2.25. The predicted octanol–water partition coefficient (Wildman–Crippen LogP) is 1.06. The number of unbranched alkanes of at least 4 members (excludes halogenated alkanes) is 3. The number of aldehydes is 1. The topological polar surface area (TPSA) is 54.5 Å². The smallest absolute Gasteiger partial charge is 0.252 e. The summed E-state index contributed by atoms with van der Waals surface area (Å²) in [6, 6.07) is 0. The molecule has 2 amide bonds. The average molecular weight is 209 g/mol. The van der Waals surface area contributed by atoms with Gasteiger partial charge in [0.2, 0.25) is 5.91 Å². The second-order valence-corrected chi connectivity index (χ2v) is 3.51. The van der Waals surface area contributed by atoms with Gasteiger partial charge in [-0.15, -0.1) is 0 Å². The monoisotopic (exact) mass is 209 g/mol. The number of amides is 2. The standard InChI is InChI=1S/C11H15NO3/c13-9-4-2-1-3-8-12-10(14)6-5-7-11(12)15/h5-6,9H,1-4,7-8H2. The van der Waals surface area contributed by atoms with Gasteiger partial charge in [0.25, 0.3) is 5.91 Å². The lowest BCUT2D eigenvalue weighted by molar-refractivity contribution is -0.142. The third-order valence-corrected chi connectivity index (χ3v) is 2.32. The second kappa shape index (κ2) is 6.11. The summed E-state index contributed by atoms with van der Waals surface area (Å²) in [5.74, 6) is -0.348. The third-order valence-electron chi connectivity index (χ3n) is 2.32. The van der Waals surface area contributed by atoms with Crippen molar-refractivity contribution in [2.24, 2.45) is 0 Å². The van der Waals surface area contributed by atoms with Gasteiger partial charge in [0.1, 0.15) is 6.29 Å². The molecular formula is C11H15NO3. The van der Waals surface area contributed by atoms with Crippen LogP contribution in [0.3, 0.4) is 0 Å². The SMILES string of the molecule is O=CCCCCCN1C(=O)C=CCC1=O. The molecule has 4 nitrogen and oxygen atoms in total. The van der Waals surface area contributed by atoms with Gasteiger partial charge in [-0.1, -0.05) is 12.5 Å². The van der Waals surface area contributed by atoms with Crippen molar-refractivity contribution in [1.29, 1.82) is 0 Å². The van der Waals surface area contributed by atoms with Gasteiger partial charge in [-0.05, 0) is 12.8 Å². The molecule has 1 heterocycles. The van der Waals surface area contributed by atoms with E-state index in [1.807, 2.05) is 0 Å². The molecule has 4 heteroatoms. The summed E-state index contributed by atoms with van der Waals surface area (Å²) in [6.07, 6.45) is 7.27. The van der Waals surface area contributed by atoms with Crippen LogP contribution in [0.4, 0.5) is 0 Å². The van der Waals surface area contributed by atoms with Crippen molar-refractivity contribution < 1.29 is 14.4 Å². The minimum absolute atomic E-state index is 0.127. The van der Waals surface area contributed by atoms with E-state index in [4.69, 9.17) is 0 Å². The number of hydrogen-bond acceptors (Lipinski definition) is 3. The maximum absolute atomic E-state index is 11.3. The number of rotatable bonds is 6. The Labute approximate surface area is 88.9 Å². The fourth-order valence-electron chi connectivity index (χ4n) is 1.49. The van der Waals surface area contributed by atoms with E-state index >= 15 is 0 Å². The summed E-state index contributed by atoms with van der Waals surface area (Å²) in [6.45, 7) is 0.473. The molecule has 0 bridgehead atoms. The van der Waals surface area contributed by atoms with Gasteiger partial charge in [-0.25, -0.2) is 0 Å². The largest absolute Gasteiger partial charge is 0.303 e. The molecule has 1 aliphatic heterocycles. The van der Waals surface area contributed by atoms with Crippen LogP contribution in [-0.4, -0.2) is 29.5 Å². The lowest BCUT2D eigenvalue weighted by atomic mass is 10.1. The first-order valence-electron chi connectivity index (χ1n) is 5.20. The molecule has 0 saturated carbocycles. The number of nitrogens with zero attached hydrogens (tertiary/aromatic N) is 1. The normalized spacial score (nSPS) is 15.9. The van der Waals surface area contributed by atoms with Crippen molar-refractivity contribution in [1.82, 2.24) is 4.90 Å². The van der Waals surface area contributed by atoms with Crippen LogP contribution in [0.2, 0.25) is 0 Å². The first-order chi connectivity index (χ1) is 7.25. The minimum atomic E-state index is -0.221. The lowest BCUT2D eigenvalue weighted by Gasteiger charge is -2.21. The zero-order valence-corrected chi connectivity index (χ0v) is 8.65. The highest BCUT2D eigenvalue weighted by molar-refractivity contribution is 6.04. The van der Waals surface area contributed by atoms with Crippen LogP contribution in [0, 0.1) is 0 Å². The van der Waals surface area contributed by atoms with E-state index in [0.29, 0.717) is 19.4 Å². The van der Waals surface area contributed by atoms with E-state index in [0.717, 1.165) is 25.5 Å². The summed E-state index contributed by atoms with van der Waals surface area (Å²) in [4.78, 5) is 33.9. The second-order valence-electron chi connectivity index (χ2n) is 3.51. The Morgan fingerprint density at radius 3 is 2.73 bits per heavy atom.